The number of aromatic nitrogens is 4. The summed E-state index contributed by atoms with van der Waals surface area (Å²) < 4.78 is 1.45. The molecule has 0 radical (unpaired) electrons. The number of aromatic amines is 1. The number of nitrogens with zero attached hydrogens (tertiary/aromatic N) is 4. The van der Waals surface area contributed by atoms with Crippen LogP contribution in [0.3, 0.4) is 0 Å². The number of hydrogen-bond donors (Lipinski definition) is 1. The molecule has 0 bridgehead atoms. The van der Waals surface area contributed by atoms with Gasteiger partial charge in [0.2, 0.25) is 0 Å². The van der Waals surface area contributed by atoms with Crippen molar-refractivity contribution in [1.82, 2.24) is 24.5 Å². The predicted molar refractivity (Wildman–Crippen MR) is 94.9 cm³/mol. The van der Waals surface area contributed by atoms with Crippen LogP contribution in [0.5, 0.6) is 0 Å². The molecule has 0 aromatic carbocycles. The van der Waals surface area contributed by atoms with Crippen LogP contribution in [0.1, 0.15) is 54.1 Å². The van der Waals surface area contributed by atoms with Crippen molar-refractivity contribution in [2.24, 2.45) is 0 Å². The Morgan fingerprint density at radius 2 is 2.28 bits per heavy atom. The van der Waals surface area contributed by atoms with Crippen LogP contribution in [-0.2, 0) is 6.42 Å². The van der Waals surface area contributed by atoms with Crippen molar-refractivity contribution in [3.8, 4) is 0 Å². The maximum atomic E-state index is 12.8. The normalized spacial score (nSPS) is 18.0. The third-order valence-corrected chi connectivity index (χ3v) is 5.25. The number of nitrogens with one attached hydrogen (secondary N) is 1. The Morgan fingerprint density at radius 1 is 1.40 bits per heavy atom. The van der Waals surface area contributed by atoms with Crippen LogP contribution in [0.15, 0.2) is 27.8 Å². The largest absolute Gasteiger partial charge is 0.329 e. The third-order valence-electron chi connectivity index (χ3n) is 4.66. The van der Waals surface area contributed by atoms with Crippen molar-refractivity contribution in [1.29, 1.82) is 0 Å². The highest BCUT2D eigenvalue weighted by Crippen LogP contribution is 2.31. The number of carbonyl (C=O) groups is 1. The fourth-order valence-corrected chi connectivity index (χ4v) is 3.90. The number of rotatable bonds is 3. The van der Waals surface area contributed by atoms with Crippen LogP contribution in [0, 0.1) is 0 Å². The summed E-state index contributed by atoms with van der Waals surface area (Å²) in [5.74, 6) is -0.0563. The summed E-state index contributed by atoms with van der Waals surface area (Å²) >= 11 is 1.42. The molecule has 8 heteroatoms. The molecular weight excluding hydrogens is 338 g/mol. The lowest BCUT2D eigenvalue weighted by molar-refractivity contribution is 0.0600. The zero-order chi connectivity index (χ0) is 17.4. The topological polar surface area (TPSA) is 83.4 Å². The minimum absolute atomic E-state index is 0.0563. The Bertz CT molecular complexity index is 959. The highest BCUT2D eigenvalue weighted by Gasteiger charge is 2.31. The summed E-state index contributed by atoms with van der Waals surface area (Å²) in [5, 5.41) is 4.92. The van der Waals surface area contributed by atoms with Gasteiger partial charge in [-0.2, -0.15) is 0 Å². The summed E-state index contributed by atoms with van der Waals surface area (Å²) in [5.41, 5.74) is 4.25. The monoisotopic (exact) mass is 357 g/mol. The van der Waals surface area contributed by atoms with Gasteiger partial charge in [-0.3, -0.25) is 14.7 Å². The van der Waals surface area contributed by atoms with Crippen LogP contribution in [0.2, 0.25) is 0 Å². The highest BCUT2D eigenvalue weighted by molar-refractivity contribution is 7.07. The van der Waals surface area contributed by atoms with E-state index >= 15 is 0 Å². The SMILES string of the molecule is CCc1cc(=O)n2[nH]c([C@@H]3CCCCN3C(=O)c3cscn3)cc2n1. The summed E-state index contributed by atoms with van der Waals surface area (Å²) in [6, 6.07) is 3.35. The number of likely N-dealkylation sites (tertiary alicyclic amines) is 1. The van der Waals surface area contributed by atoms with Gasteiger partial charge in [-0.15, -0.1) is 11.3 Å². The average molecular weight is 357 g/mol. The molecule has 130 valence electrons. The van der Waals surface area contributed by atoms with Gasteiger partial charge in [0, 0.05) is 29.8 Å². The van der Waals surface area contributed by atoms with Crippen LogP contribution >= 0.6 is 11.3 Å². The van der Waals surface area contributed by atoms with Gasteiger partial charge in [0.1, 0.15) is 5.69 Å². The van der Waals surface area contributed by atoms with Crippen molar-refractivity contribution in [3.05, 3.63) is 50.5 Å². The second-order valence-corrected chi connectivity index (χ2v) is 6.95. The van der Waals surface area contributed by atoms with E-state index in [1.54, 1.807) is 17.0 Å². The molecule has 0 saturated carbocycles. The molecule has 4 rings (SSSR count). The number of aryl methyl sites for hydroxylation is 1. The molecule has 4 heterocycles. The molecule has 1 aliphatic rings. The number of carbonyl (C=O) groups excluding carboxylic acids is 1. The molecule has 1 amide bonds. The predicted octanol–water partition coefficient (Wildman–Crippen LogP) is 2.41. The summed E-state index contributed by atoms with van der Waals surface area (Å²) in [6.45, 7) is 2.67. The number of hydrogen-bond acceptors (Lipinski definition) is 5. The van der Waals surface area contributed by atoms with Crippen molar-refractivity contribution in [2.45, 2.75) is 38.6 Å². The fraction of sp³-hybridized carbons (Fsp3) is 0.412. The summed E-state index contributed by atoms with van der Waals surface area (Å²) in [4.78, 5) is 35.6. The van der Waals surface area contributed by atoms with Crippen molar-refractivity contribution in [2.75, 3.05) is 6.54 Å². The van der Waals surface area contributed by atoms with E-state index < -0.39 is 0 Å². The van der Waals surface area contributed by atoms with Gasteiger partial charge in [0.05, 0.1) is 17.2 Å². The molecule has 0 aliphatic carbocycles. The van der Waals surface area contributed by atoms with Crippen LogP contribution < -0.4 is 5.56 Å². The van der Waals surface area contributed by atoms with E-state index in [-0.39, 0.29) is 17.5 Å². The third kappa shape index (κ3) is 2.86. The van der Waals surface area contributed by atoms with Gasteiger partial charge in [-0.25, -0.2) is 14.5 Å². The average Bonchev–Trinajstić information content (AvgIpc) is 3.31. The lowest BCUT2D eigenvalue weighted by Crippen LogP contribution is -2.39. The van der Waals surface area contributed by atoms with E-state index in [4.69, 9.17) is 0 Å². The molecule has 1 N–H and O–H groups in total. The van der Waals surface area contributed by atoms with Crippen LogP contribution in [0.4, 0.5) is 0 Å². The molecule has 1 aliphatic heterocycles. The van der Waals surface area contributed by atoms with Gasteiger partial charge >= 0.3 is 0 Å². The number of H-pyrrole nitrogens is 1. The maximum absolute atomic E-state index is 12.8. The minimum atomic E-state index is -0.124. The van der Waals surface area contributed by atoms with Crippen LogP contribution in [-0.4, -0.2) is 36.9 Å². The first-order valence-corrected chi connectivity index (χ1v) is 9.42. The van der Waals surface area contributed by atoms with E-state index in [1.165, 1.54) is 15.9 Å². The molecule has 25 heavy (non-hydrogen) atoms. The Hall–Kier alpha value is -2.48. The Morgan fingerprint density at radius 3 is 3.04 bits per heavy atom. The zero-order valence-electron chi connectivity index (χ0n) is 13.9. The van der Waals surface area contributed by atoms with E-state index in [0.717, 1.165) is 30.7 Å². The first kappa shape index (κ1) is 16.0. The molecule has 1 fully saturated rings. The molecule has 0 unspecified atom stereocenters. The Labute approximate surface area is 148 Å². The molecule has 3 aromatic heterocycles. The zero-order valence-corrected chi connectivity index (χ0v) is 14.8. The van der Waals surface area contributed by atoms with Gasteiger partial charge in [-0.05, 0) is 25.7 Å². The quantitative estimate of drug-likeness (QED) is 0.780. The second-order valence-electron chi connectivity index (χ2n) is 6.23. The molecule has 1 atom stereocenters. The van der Waals surface area contributed by atoms with E-state index in [2.05, 4.69) is 15.1 Å². The van der Waals surface area contributed by atoms with Crippen molar-refractivity contribution < 1.29 is 4.79 Å². The smallest absolute Gasteiger partial charge is 0.273 e. The lowest BCUT2D eigenvalue weighted by atomic mass is 9.99. The number of fused-ring (bicyclic) bond motifs is 1. The summed E-state index contributed by atoms with van der Waals surface area (Å²) in [6.07, 6.45) is 3.59. The fourth-order valence-electron chi connectivity index (χ4n) is 3.37. The molecule has 1 saturated heterocycles. The second kappa shape index (κ2) is 6.44. The van der Waals surface area contributed by atoms with Crippen molar-refractivity contribution >= 4 is 22.9 Å². The van der Waals surface area contributed by atoms with Gasteiger partial charge < -0.3 is 4.90 Å². The van der Waals surface area contributed by atoms with Gasteiger partial charge in [0.25, 0.3) is 11.5 Å². The first-order valence-electron chi connectivity index (χ1n) is 8.48. The van der Waals surface area contributed by atoms with Crippen molar-refractivity contribution in [3.63, 3.8) is 0 Å². The van der Waals surface area contributed by atoms with Crippen LogP contribution in [0.25, 0.3) is 5.65 Å². The van der Waals surface area contributed by atoms with E-state index in [1.807, 2.05) is 17.9 Å². The lowest BCUT2D eigenvalue weighted by Gasteiger charge is -2.34. The minimum Gasteiger partial charge on any atom is -0.329 e. The van der Waals surface area contributed by atoms with Gasteiger partial charge in [0.15, 0.2) is 5.65 Å². The van der Waals surface area contributed by atoms with E-state index in [0.29, 0.717) is 24.3 Å². The highest BCUT2D eigenvalue weighted by atomic mass is 32.1. The van der Waals surface area contributed by atoms with Gasteiger partial charge in [-0.1, -0.05) is 6.92 Å². The Balaban J connectivity index is 1.73. The number of piperidine rings is 1. The molecule has 0 spiro atoms. The molecular formula is C17H19N5O2S. The Kier molecular flexibility index (Phi) is 4.12. The maximum Gasteiger partial charge on any atom is 0.273 e. The standard InChI is InChI=1S/C17H19N5O2S/c1-2-11-7-16(23)22-15(19-11)8-12(20-22)14-5-3-4-6-21(14)17(24)13-9-25-10-18-13/h7-10,14,20H,2-6H2,1H3/t14-/m0/s1. The summed E-state index contributed by atoms with van der Waals surface area (Å²) in [7, 11) is 0. The number of thiazole rings is 1. The number of amides is 1. The first-order chi connectivity index (χ1) is 12.2. The molecule has 7 nitrogen and oxygen atoms in total. The van der Waals surface area contributed by atoms with E-state index in [9.17, 15) is 9.59 Å². The molecule has 3 aromatic rings.